The van der Waals surface area contributed by atoms with Gasteiger partial charge in [0.25, 0.3) is 5.91 Å². The summed E-state index contributed by atoms with van der Waals surface area (Å²) >= 11 is 0. The number of amides is 1. The second kappa shape index (κ2) is 9.61. The highest BCUT2D eigenvalue weighted by Gasteiger charge is 2.21. The van der Waals surface area contributed by atoms with E-state index >= 15 is 0 Å². The van der Waals surface area contributed by atoms with Gasteiger partial charge < -0.3 is 4.90 Å². The van der Waals surface area contributed by atoms with Crippen LogP contribution in [0, 0.1) is 18.6 Å². The average molecular weight is 458 g/mol. The Morgan fingerprint density at radius 2 is 1.59 bits per heavy atom. The number of halogens is 2. The van der Waals surface area contributed by atoms with E-state index in [0.717, 1.165) is 12.1 Å². The summed E-state index contributed by atoms with van der Waals surface area (Å²) in [6, 6.07) is 14.2. The van der Waals surface area contributed by atoms with Gasteiger partial charge in [0.05, 0.1) is 10.6 Å². The van der Waals surface area contributed by atoms with Crippen molar-refractivity contribution in [2.75, 3.05) is 13.1 Å². The minimum Gasteiger partial charge on any atom is -0.339 e. The van der Waals surface area contributed by atoms with E-state index in [2.05, 4.69) is 0 Å². The van der Waals surface area contributed by atoms with Gasteiger partial charge in [0.2, 0.25) is 0 Å². The molecule has 0 N–H and O–H groups in total. The lowest BCUT2D eigenvalue weighted by Gasteiger charge is -2.20. The molecule has 0 aliphatic carbocycles. The van der Waals surface area contributed by atoms with Crippen molar-refractivity contribution in [3.63, 3.8) is 0 Å². The fraction of sp³-hybridized carbons (Fsp3) is 0.240. The van der Waals surface area contributed by atoms with Gasteiger partial charge in [-0.2, -0.15) is 0 Å². The van der Waals surface area contributed by atoms with Crippen LogP contribution in [0.3, 0.4) is 0 Å². The third-order valence-electron chi connectivity index (χ3n) is 5.53. The first-order valence-corrected chi connectivity index (χ1v) is 12.0. The summed E-state index contributed by atoms with van der Waals surface area (Å²) in [5.74, 6) is -1.78. The van der Waals surface area contributed by atoms with Crippen molar-refractivity contribution < 1.29 is 22.0 Å². The van der Waals surface area contributed by atoms with Crippen LogP contribution in [0.25, 0.3) is 11.1 Å². The van der Waals surface area contributed by atoms with E-state index in [1.165, 1.54) is 30.3 Å². The van der Waals surface area contributed by atoms with Crippen LogP contribution in [0.15, 0.2) is 65.6 Å². The Morgan fingerprint density at radius 3 is 2.19 bits per heavy atom. The molecular formula is C25H25F2NO3S. The number of sulfone groups is 1. The Labute approximate surface area is 187 Å². The highest BCUT2D eigenvalue weighted by molar-refractivity contribution is 7.90. The Balaban J connectivity index is 1.88. The number of carbonyl (C=O) groups excluding carboxylic acids is 1. The molecule has 0 aliphatic rings. The SMILES string of the molecule is CCN(CC)C(=O)c1cccc(CS(=O)(=O)c2ccc(-c3ccc(F)cc3F)cc2)c1C. The summed E-state index contributed by atoms with van der Waals surface area (Å²) in [7, 11) is -3.70. The predicted octanol–water partition coefficient (Wildman–Crippen LogP) is 5.40. The van der Waals surface area contributed by atoms with Crippen LogP contribution in [0.5, 0.6) is 0 Å². The van der Waals surface area contributed by atoms with Crippen molar-refractivity contribution in [1.82, 2.24) is 4.90 Å². The highest BCUT2D eigenvalue weighted by Crippen LogP contribution is 2.27. The Bertz CT molecular complexity index is 1230. The number of rotatable bonds is 7. The molecule has 0 unspecified atom stereocenters. The minimum absolute atomic E-state index is 0.0867. The molecule has 0 spiro atoms. The fourth-order valence-corrected chi connectivity index (χ4v) is 5.05. The zero-order valence-electron chi connectivity index (χ0n) is 18.2. The van der Waals surface area contributed by atoms with Gasteiger partial charge in [0.1, 0.15) is 11.6 Å². The topological polar surface area (TPSA) is 54.5 Å². The molecule has 3 aromatic carbocycles. The molecule has 0 aliphatic heterocycles. The van der Waals surface area contributed by atoms with Crippen LogP contribution in [0.2, 0.25) is 0 Å². The van der Waals surface area contributed by atoms with Crippen LogP contribution in [-0.2, 0) is 15.6 Å². The number of nitrogens with zero attached hydrogens (tertiary/aromatic N) is 1. The van der Waals surface area contributed by atoms with Gasteiger partial charge in [0.15, 0.2) is 9.84 Å². The van der Waals surface area contributed by atoms with Crippen LogP contribution in [0.1, 0.15) is 35.3 Å². The molecule has 32 heavy (non-hydrogen) atoms. The highest BCUT2D eigenvalue weighted by atomic mass is 32.2. The Hall–Kier alpha value is -3.06. The molecule has 0 saturated heterocycles. The van der Waals surface area contributed by atoms with E-state index in [0.29, 0.717) is 35.3 Å². The molecule has 0 atom stereocenters. The Kier molecular flexibility index (Phi) is 7.09. The number of benzene rings is 3. The molecule has 168 valence electrons. The van der Waals surface area contributed by atoms with Crippen LogP contribution in [-0.4, -0.2) is 32.3 Å². The number of hydrogen-bond donors (Lipinski definition) is 0. The van der Waals surface area contributed by atoms with Gasteiger partial charge in [-0.15, -0.1) is 0 Å². The van der Waals surface area contributed by atoms with Crippen molar-refractivity contribution in [2.24, 2.45) is 0 Å². The summed E-state index contributed by atoms with van der Waals surface area (Å²) in [5, 5.41) is 0. The fourth-order valence-electron chi connectivity index (χ4n) is 3.61. The van der Waals surface area contributed by atoms with Gasteiger partial charge in [-0.25, -0.2) is 17.2 Å². The van der Waals surface area contributed by atoms with Crippen molar-refractivity contribution in [2.45, 2.75) is 31.4 Å². The van der Waals surface area contributed by atoms with Crippen LogP contribution in [0.4, 0.5) is 8.78 Å². The third kappa shape index (κ3) is 4.88. The number of hydrogen-bond acceptors (Lipinski definition) is 3. The van der Waals surface area contributed by atoms with Crippen molar-refractivity contribution in [1.29, 1.82) is 0 Å². The third-order valence-corrected chi connectivity index (χ3v) is 7.21. The molecule has 3 aromatic rings. The quantitative estimate of drug-likeness (QED) is 0.478. The molecule has 0 saturated carbocycles. The van der Waals surface area contributed by atoms with Gasteiger partial charge in [0, 0.05) is 30.3 Å². The predicted molar refractivity (Wildman–Crippen MR) is 121 cm³/mol. The van der Waals surface area contributed by atoms with E-state index in [4.69, 9.17) is 0 Å². The zero-order chi connectivity index (χ0) is 23.5. The molecule has 0 fully saturated rings. The smallest absolute Gasteiger partial charge is 0.254 e. The lowest BCUT2D eigenvalue weighted by Crippen LogP contribution is -2.31. The van der Waals surface area contributed by atoms with Crippen molar-refractivity contribution in [3.8, 4) is 11.1 Å². The van der Waals surface area contributed by atoms with Crippen molar-refractivity contribution >= 4 is 15.7 Å². The summed E-state index contributed by atoms with van der Waals surface area (Å²) in [6.07, 6.45) is 0. The van der Waals surface area contributed by atoms with Crippen LogP contribution < -0.4 is 0 Å². The molecule has 7 heteroatoms. The standard InChI is InChI=1S/C25H25F2NO3S/c1-4-28(5-2)25(29)22-8-6-7-19(17(22)3)16-32(30,31)21-12-9-18(10-13-21)23-14-11-20(26)15-24(23)27/h6-15H,4-5,16H2,1-3H3. The van der Waals surface area contributed by atoms with Gasteiger partial charge in [-0.3, -0.25) is 4.79 Å². The molecular weight excluding hydrogens is 432 g/mol. The van der Waals surface area contributed by atoms with Crippen molar-refractivity contribution in [3.05, 3.63) is 89.0 Å². The Morgan fingerprint density at radius 1 is 0.938 bits per heavy atom. The summed E-state index contributed by atoms with van der Waals surface area (Å²) < 4.78 is 53.2. The lowest BCUT2D eigenvalue weighted by atomic mass is 10.0. The summed E-state index contributed by atoms with van der Waals surface area (Å²) in [4.78, 5) is 14.5. The zero-order valence-corrected chi connectivity index (χ0v) is 19.0. The van der Waals surface area contributed by atoms with Gasteiger partial charge in [-0.1, -0.05) is 24.3 Å². The van der Waals surface area contributed by atoms with Gasteiger partial charge >= 0.3 is 0 Å². The lowest BCUT2D eigenvalue weighted by molar-refractivity contribution is 0.0772. The van der Waals surface area contributed by atoms with E-state index in [9.17, 15) is 22.0 Å². The maximum absolute atomic E-state index is 14.0. The summed E-state index contributed by atoms with van der Waals surface area (Å²) in [5.41, 5.74) is 2.32. The molecule has 0 radical (unpaired) electrons. The second-order valence-corrected chi connectivity index (χ2v) is 9.46. The first-order chi connectivity index (χ1) is 15.2. The molecule has 4 nitrogen and oxygen atoms in total. The van der Waals surface area contributed by atoms with E-state index in [1.54, 1.807) is 30.0 Å². The molecule has 3 rings (SSSR count). The normalized spacial score (nSPS) is 11.4. The summed E-state index contributed by atoms with van der Waals surface area (Å²) in [6.45, 7) is 6.68. The van der Waals surface area contributed by atoms with E-state index < -0.39 is 21.5 Å². The molecule has 0 heterocycles. The maximum atomic E-state index is 14.0. The largest absolute Gasteiger partial charge is 0.339 e. The van der Waals surface area contributed by atoms with E-state index in [1.807, 2.05) is 13.8 Å². The molecule has 1 amide bonds. The molecule has 0 bridgehead atoms. The maximum Gasteiger partial charge on any atom is 0.254 e. The number of carbonyl (C=O) groups is 1. The van der Waals surface area contributed by atoms with E-state index in [-0.39, 0.29) is 22.1 Å². The first-order valence-electron chi connectivity index (χ1n) is 10.3. The average Bonchev–Trinajstić information content (AvgIpc) is 2.76. The first kappa shape index (κ1) is 23.6. The molecule has 0 aromatic heterocycles. The minimum atomic E-state index is -3.70. The second-order valence-electron chi connectivity index (χ2n) is 7.47. The van der Waals surface area contributed by atoms with Gasteiger partial charge in [-0.05, 0) is 67.8 Å². The van der Waals surface area contributed by atoms with Crippen LogP contribution >= 0.6 is 0 Å². The monoisotopic (exact) mass is 457 g/mol.